The van der Waals surface area contributed by atoms with Crippen molar-refractivity contribution in [1.29, 1.82) is 5.26 Å². The van der Waals surface area contributed by atoms with Crippen LogP contribution >= 0.6 is 35.7 Å². The van der Waals surface area contributed by atoms with Gasteiger partial charge in [-0.1, -0.05) is 66.4 Å². The smallest absolute Gasteiger partial charge is 0.398 e. The second-order valence-corrected chi connectivity index (χ2v) is 14.0. The van der Waals surface area contributed by atoms with E-state index in [1.807, 2.05) is 109 Å². The molecule has 0 radical (unpaired) electrons. The summed E-state index contributed by atoms with van der Waals surface area (Å²) < 4.78 is 31.8. The summed E-state index contributed by atoms with van der Waals surface area (Å²) in [5.41, 5.74) is 10.3. The number of para-hydroxylation sites is 3. The number of pyridine rings is 3. The molecule has 0 saturated carbocycles. The Morgan fingerprint density at radius 1 is 0.808 bits per heavy atom. The number of hydrogen-bond acceptors (Lipinski definition) is 9. The van der Waals surface area contributed by atoms with Crippen molar-refractivity contribution in [2.45, 2.75) is 22.6 Å². The lowest BCUT2D eigenvalue weighted by molar-refractivity contribution is -0.569. The first-order valence-corrected chi connectivity index (χ1v) is 18.3. The van der Waals surface area contributed by atoms with Gasteiger partial charge in [-0.3, -0.25) is 9.97 Å². The highest BCUT2D eigenvalue weighted by molar-refractivity contribution is 8.04. The van der Waals surface area contributed by atoms with Crippen LogP contribution in [-0.4, -0.2) is 21.9 Å². The normalized spacial score (nSPS) is 12.9. The summed E-state index contributed by atoms with van der Waals surface area (Å²) >= 11 is 7.21. The number of nitriles is 1. The Hall–Kier alpha value is -5.55. The summed E-state index contributed by atoms with van der Waals surface area (Å²) in [5, 5.41) is 9.95. The first-order valence-electron chi connectivity index (χ1n) is 16.2. The Morgan fingerprint density at radius 2 is 1.48 bits per heavy atom. The zero-order valence-corrected chi connectivity index (χ0v) is 30.2. The standard InChI is InChI=1S/C13H9BF2N2S.C13H10N2S.C7H6N2.C6H7NS/c15-14(16)17-8-4-3-5-10(17)9-13-18(14)11-6-1-2-7-12(11)19-13;1-2-7-12-11(6-1)15-13(16-12)9-10-5-3-4-8-14-10;8-5-4-7-3-1-2-6-9-7;7-5-3-1-2-4-6(5)8/h1-9H;1-8H,9H2;1-3,6H,4H2;1-4,8H,7H2. The van der Waals surface area contributed by atoms with Gasteiger partial charge in [-0.25, -0.2) is 4.98 Å². The van der Waals surface area contributed by atoms with Crippen molar-refractivity contribution in [1.82, 2.24) is 15.0 Å². The minimum atomic E-state index is -3.82. The molecular weight excluding hydrogens is 711 g/mol. The van der Waals surface area contributed by atoms with E-state index in [9.17, 15) is 8.63 Å². The number of rotatable bonds is 3. The number of nitrogen functional groups attached to an aromatic ring is 1. The predicted octanol–water partition coefficient (Wildman–Crippen LogP) is 9.11. The fourth-order valence-electron chi connectivity index (χ4n) is 5.29. The van der Waals surface area contributed by atoms with Crippen LogP contribution in [0.4, 0.5) is 20.0 Å². The van der Waals surface area contributed by atoms with Crippen LogP contribution in [-0.2, 0) is 12.8 Å². The van der Waals surface area contributed by atoms with Crippen LogP contribution in [0.3, 0.4) is 0 Å². The Bertz CT molecular complexity index is 2280. The number of thiol groups is 1. The molecular formula is C39H32BF2N7S3. The molecule has 0 unspecified atom stereocenters. The molecule has 0 bridgehead atoms. The topological polar surface area (TPSA) is 95.6 Å². The van der Waals surface area contributed by atoms with Crippen LogP contribution in [0.15, 0.2) is 161 Å². The van der Waals surface area contributed by atoms with E-state index in [2.05, 4.69) is 33.6 Å². The van der Waals surface area contributed by atoms with E-state index in [-0.39, 0.29) is 0 Å². The van der Waals surface area contributed by atoms with E-state index in [0.29, 0.717) is 22.8 Å². The summed E-state index contributed by atoms with van der Waals surface area (Å²) in [6.07, 6.45) is 7.98. The highest BCUT2D eigenvalue weighted by Crippen LogP contribution is 2.49. The lowest BCUT2D eigenvalue weighted by Crippen LogP contribution is -2.71. The maximum absolute atomic E-state index is 14.7. The van der Waals surface area contributed by atoms with E-state index < -0.39 is 6.97 Å². The van der Waals surface area contributed by atoms with E-state index in [0.717, 1.165) is 53.1 Å². The number of aromatic nitrogens is 4. The minimum absolute atomic E-state index is 0.404. The molecule has 13 heteroatoms. The molecule has 9 rings (SSSR count). The van der Waals surface area contributed by atoms with Crippen molar-refractivity contribution in [2.24, 2.45) is 0 Å². The minimum Gasteiger partial charge on any atom is -0.398 e. The van der Waals surface area contributed by atoms with Crippen molar-refractivity contribution in [2.75, 3.05) is 10.5 Å². The molecule has 2 aliphatic heterocycles. The number of fused-ring (bicyclic) bond motifs is 5. The number of nitrogens with two attached hydrogens (primary N) is 1. The van der Waals surface area contributed by atoms with Crippen molar-refractivity contribution in [3.05, 3.63) is 173 Å². The number of thioether (sulfide) groups is 1. The molecule has 6 heterocycles. The summed E-state index contributed by atoms with van der Waals surface area (Å²) in [6, 6.07) is 41.6. The fraction of sp³-hybridized carbons (Fsp3) is 0.0513. The van der Waals surface area contributed by atoms with Crippen molar-refractivity contribution in [3.63, 3.8) is 0 Å². The quantitative estimate of drug-likeness (QED) is 0.106. The monoisotopic (exact) mass is 743 g/mol. The zero-order valence-electron chi connectivity index (χ0n) is 27.7. The number of halogens is 2. The molecule has 2 N–H and O–H groups in total. The highest BCUT2D eigenvalue weighted by Gasteiger charge is 2.54. The molecule has 2 aliphatic rings. The molecule has 0 fully saturated rings. The molecule has 0 amide bonds. The summed E-state index contributed by atoms with van der Waals surface area (Å²) in [7, 11) is 0. The summed E-state index contributed by atoms with van der Waals surface area (Å²) in [4.78, 5) is 15.7. The zero-order chi connectivity index (χ0) is 36.3. The Morgan fingerprint density at radius 3 is 2.17 bits per heavy atom. The van der Waals surface area contributed by atoms with Crippen molar-refractivity contribution in [3.8, 4) is 6.07 Å². The molecule has 3 aromatic carbocycles. The first-order chi connectivity index (χ1) is 25.3. The van der Waals surface area contributed by atoms with Gasteiger partial charge in [0.25, 0.3) is 0 Å². The molecule has 52 heavy (non-hydrogen) atoms. The number of benzene rings is 3. The Balaban J connectivity index is 0.000000127. The first kappa shape index (κ1) is 36.3. The maximum Gasteiger partial charge on any atom is 0.737 e. The third kappa shape index (κ3) is 8.84. The van der Waals surface area contributed by atoms with Gasteiger partial charge in [0.05, 0.1) is 38.4 Å². The van der Waals surface area contributed by atoms with Gasteiger partial charge >= 0.3 is 6.97 Å². The fourth-order valence-corrected chi connectivity index (χ4v) is 7.58. The molecule has 7 nitrogen and oxygen atoms in total. The summed E-state index contributed by atoms with van der Waals surface area (Å²) in [5.74, 6) is 0. The summed E-state index contributed by atoms with van der Waals surface area (Å²) in [6.45, 7) is -3.82. The Kier molecular flexibility index (Phi) is 11.9. The van der Waals surface area contributed by atoms with Crippen LogP contribution in [0.5, 0.6) is 0 Å². The van der Waals surface area contributed by atoms with Gasteiger partial charge in [-0.2, -0.15) is 5.26 Å². The number of hydrogen-bond donors (Lipinski definition) is 2. The number of anilines is 2. The molecule has 0 atom stereocenters. The lowest BCUT2D eigenvalue weighted by Gasteiger charge is -2.35. The van der Waals surface area contributed by atoms with Crippen LogP contribution in [0.25, 0.3) is 16.3 Å². The molecule has 0 aliphatic carbocycles. The average Bonchev–Trinajstić information content (AvgIpc) is 3.76. The van der Waals surface area contributed by atoms with Crippen LogP contribution in [0, 0.1) is 11.3 Å². The average molecular weight is 744 g/mol. The van der Waals surface area contributed by atoms with Gasteiger partial charge < -0.3 is 23.7 Å². The van der Waals surface area contributed by atoms with Crippen molar-refractivity contribution >= 4 is 70.4 Å². The second kappa shape index (κ2) is 17.1. The highest BCUT2D eigenvalue weighted by atomic mass is 32.2. The van der Waals surface area contributed by atoms with Crippen LogP contribution in [0.2, 0.25) is 0 Å². The van der Waals surface area contributed by atoms with Gasteiger partial charge in [0.2, 0.25) is 0 Å². The van der Waals surface area contributed by atoms with Crippen LogP contribution < -0.4 is 15.0 Å². The molecule has 4 aromatic heterocycles. The Labute approximate surface area is 314 Å². The maximum atomic E-state index is 14.7. The second-order valence-electron chi connectivity index (χ2n) is 11.3. The van der Waals surface area contributed by atoms with E-state index in [1.165, 1.54) is 22.7 Å². The van der Waals surface area contributed by atoms with Gasteiger partial charge in [0, 0.05) is 57.8 Å². The van der Waals surface area contributed by atoms with Gasteiger partial charge in [0.1, 0.15) is 6.20 Å². The van der Waals surface area contributed by atoms with Crippen molar-refractivity contribution < 1.29 is 13.1 Å². The largest absolute Gasteiger partial charge is 0.737 e. The number of thiazole rings is 1. The molecule has 0 spiro atoms. The van der Waals surface area contributed by atoms with E-state index in [1.54, 1.807) is 47.9 Å². The van der Waals surface area contributed by atoms with E-state index >= 15 is 0 Å². The van der Waals surface area contributed by atoms with Gasteiger partial charge in [-0.05, 0) is 66.7 Å². The third-order valence-corrected chi connectivity index (χ3v) is 10.3. The molecule has 7 aromatic rings. The van der Waals surface area contributed by atoms with Crippen LogP contribution in [0.1, 0.15) is 22.1 Å². The number of nitrogens with zero attached hydrogens (tertiary/aromatic N) is 6. The van der Waals surface area contributed by atoms with E-state index in [4.69, 9.17) is 11.0 Å². The molecule has 0 saturated heterocycles. The van der Waals surface area contributed by atoms with Gasteiger partial charge in [0.15, 0.2) is 5.69 Å². The third-order valence-electron chi connectivity index (χ3n) is 7.74. The molecule has 258 valence electrons. The SMILES string of the molecule is F[B-]1(F)N2C(=Cc3cccc[n+]31)Sc1ccccc12.N#CCc1ccccn1.Nc1ccccc1S.c1ccc(Cc2nc3ccccc3s2)nc1. The van der Waals surface area contributed by atoms with Gasteiger partial charge in [-0.15, -0.1) is 24.0 Å². The lowest BCUT2D eigenvalue weighted by atomic mass is 9.89. The predicted molar refractivity (Wildman–Crippen MR) is 211 cm³/mol.